The van der Waals surface area contributed by atoms with Crippen molar-refractivity contribution in [3.8, 4) is 5.69 Å². The molecule has 0 aliphatic carbocycles. The fraction of sp³-hybridized carbons (Fsp3) is 0.190. The van der Waals surface area contributed by atoms with E-state index in [0.717, 1.165) is 28.1 Å². The molecule has 0 fully saturated rings. The third-order valence-corrected chi connectivity index (χ3v) is 4.79. The number of aromatic nitrogens is 2. The van der Waals surface area contributed by atoms with Crippen molar-refractivity contribution in [1.82, 2.24) is 14.8 Å². The molecule has 2 aromatic carbocycles. The molecule has 3 rings (SSSR count). The van der Waals surface area contributed by atoms with Crippen LogP contribution in [-0.2, 0) is 7.05 Å². The van der Waals surface area contributed by atoms with Crippen LogP contribution in [-0.4, -0.2) is 20.7 Å². The number of hydrazone groups is 1. The highest BCUT2D eigenvalue weighted by Crippen LogP contribution is 2.14. The van der Waals surface area contributed by atoms with Gasteiger partial charge in [-0.2, -0.15) is 5.10 Å². The van der Waals surface area contributed by atoms with Gasteiger partial charge in [0.05, 0.1) is 17.6 Å². The van der Waals surface area contributed by atoms with Crippen LogP contribution in [0.5, 0.6) is 0 Å². The molecule has 144 valence electrons. The fourth-order valence-corrected chi connectivity index (χ4v) is 3.07. The molecule has 3 aromatic rings. The minimum atomic E-state index is -0.172. The van der Waals surface area contributed by atoms with E-state index in [1.54, 1.807) is 15.6 Å². The third kappa shape index (κ3) is 4.04. The van der Waals surface area contributed by atoms with Crippen LogP contribution in [0.25, 0.3) is 5.69 Å². The molecule has 6 nitrogen and oxygen atoms in total. The number of hydrogen-bond acceptors (Lipinski definition) is 3. The number of hydrogen-bond donors (Lipinski definition) is 2. The average Bonchev–Trinajstić information content (AvgIpc) is 2.88. The zero-order chi connectivity index (χ0) is 20.3. The van der Waals surface area contributed by atoms with Gasteiger partial charge in [-0.25, -0.2) is 4.68 Å². The maximum absolute atomic E-state index is 12.9. The summed E-state index contributed by atoms with van der Waals surface area (Å²) in [4.78, 5) is 12.9. The Morgan fingerprint density at radius 3 is 2.54 bits per heavy atom. The maximum Gasteiger partial charge on any atom is 0.295 e. The zero-order valence-electron chi connectivity index (χ0n) is 16.4. The number of benzene rings is 2. The molecule has 0 aliphatic heterocycles. The topological polar surface area (TPSA) is 63.4 Å². The van der Waals surface area contributed by atoms with Crippen LogP contribution in [0, 0.1) is 20.8 Å². The molecule has 2 N–H and O–H groups in total. The van der Waals surface area contributed by atoms with Gasteiger partial charge < -0.3 is 5.32 Å². The van der Waals surface area contributed by atoms with Crippen molar-refractivity contribution in [2.24, 2.45) is 12.1 Å². The standard InChI is InChI=1S/C21H23N5OS/c1-14-10-11-15(2)17(12-14)13-22-24-21(28)23-19-16(3)25(4)26(20(19)27)18-8-6-5-7-9-18/h5-13H,1-4H3,(H2,23,24,28)/b22-13-. The summed E-state index contributed by atoms with van der Waals surface area (Å²) in [6, 6.07) is 15.6. The Balaban J connectivity index is 1.77. The van der Waals surface area contributed by atoms with Gasteiger partial charge in [0.25, 0.3) is 5.56 Å². The van der Waals surface area contributed by atoms with Crippen LogP contribution in [0.1, 0.15) is 22.4 Å². The van der Waals surface area contributed by atoms with E-state index in [2.05, 4.69) is 28.0 Å². The lowest BCUT2D eigenvalue weighted by Gasteiger charge is -2.07. The van der Waals surface area contributed by atoms with Crippen LogP contribution in [0.2, 0.25) is 0 Å². The molecular formula is C21H23N5OS. The lowest BCUT2D eigenvalue weighted by Crippen LogP contribution is -2.28. The van der Waals surface area contributed by atoms with E-state index in [9.17, 15) is 4.79 Å². The SMILES string of the molecule is Cc1ccc(C)c(/C=N\NC(=S)Nc2c(C)n(C)n(-c3ccccc3)c2=O)c1. The quantitative estimate of drug-likeness (QED) is 0.405. The summed E-state index contributed by atoms with van der Waals surface area (Å²) in [5, 5.41) is 7.42. The Labute approximate surface area is 169 Å². The van der Waals surface area contributed by atoms with Crippen LogP contribution < -0.4 is 16.3 Å². The highest BCUT2D eigenvalue weighted by atomic mass is 32.1. The van der Waals surface area contributed by atoms with Crippen LogP contribution in [0.4, 0.5) is 5.69 Å². The van der Waals surface area contributed by atoms with Crippen LogP contribution >= 0.6 is 12.2 Å². The molecule has 0 radical (unpaired) electrons. The van der Waals surface area contributed by atoms with Crippen molar-refractivity contribution < 1.29 is 0 Å². The smallest absolute Gasteiger partial charge is 0.295 e. The molecule has 0 spiro atoms. The van der Waals surface area contributed by atoms with E-state index < -0.39 is 0 Å². The molecule has 28 heavy (non-hydrogen) atoms. The molecule has 0 unspecified atom stereocenters. The first-order valence-corrected chi connectivity index (χ1v) is 9.30. The van der Waals surface area contributed by atoms with Crippen molar-refractivity contribution in [2.45, 2.75) is 20.8 Å². The first-order chi connectivity index (χ1) is 13.4. The van der Waals surface area contributed by atoms with E-state index >= 15 is 0 Å². The van der Waals surface area contributed by atoms with Gasteiger partial charge in [0.1, 0.15) is 5.69 Å². The Kier molecular flexibility index (Phi) is 5.75. The van der Waals surface area contributed by atoms with Gasteiger partial charge in [-0.1, -0.05) is 42.0 Å². The molecule has 1 heterocycles. The Hall–Kier alpha value is -3.19. The van der Waals surface area contributed by atoms with E-state index in [1.807, 2.05) is 64.2 Å². The normalized spacial score (nSPS) is 11.0. The summed E-state index contributed by atoms with van der Waals surface area (Å²) in [5.74, 6) is 0. The second kappa shape index (κ2) is 8.22. The number of anilines is 1. The fourth-order valence-electron chi connectivity index (χ4n) is 2.91. The minimum absolute atomic E-state index is 0.172. The molecule has 0 saturated carbocycles. The first kappa shape index (κ1) is 19.6. The van der Waals surface area contributed by atoms with Crippen molar-refractivity contribution in [2.75, 3.05) is 5.32 Å². The van der Waals surface area contributed by atoms with E-state index in [-0.39, 0.29) is 10.7 Å². The zero-order valence-corrected chi connectivity index (χ0v) is 17.2. The average molecular weight is 394 g/mol. The van der Waals surface area contributed by atoms with Gasteiger partial charge in [0.15, 0.2) is 5.11 Å². The van der Waals surface area contributed by atoms with Gasteiger partial charge >= 0.3 is 0 Å². The summed E-state index contributed by atoms with van der Waals surface area (Å²) in [5.41, 5.74) is 7.89. The highest BCUT2D eigenvalue weighted by molar-refractivity contribution is 7.80. The number of aryl methyl sites for hydroxylation is 2. The van der Waals surface area contributed by atoms with Gasteiger partial charge in [-0.05, 0) is 56.2 Å². The Morgan fingerprint density at radius 1 is 1.11 bits per heavy atom. The number of nitrogens with zero attached hydrogens (tertiary/aromatic N) is 3. The predicted octanol–water partition coefficient (Wildman–Crippen LogP) is 3.42. The molecule has 0 bridgehead atoms. The number of thiocarbonyl (C=S) groups is 1. The summed E-state index contributed by atoms with van der Waals surface area (Å²) >= 11 is 5.31. The Bertz CT molecular complexity index is 1100. The Morgan fingerprint density at radius 2 is 1.82 bits per heavy atom. The summed E-state index contributed by atoms with van der Waals surface area (Å²) in [6.45, 7) is 5.92. The second-order valence-corrected chi connectivity index (χ2v) is 7.03. The minimum Gasteiger partial charge on any atom is -0.325 e. The van der Waals surface area contributed by atoms with Crippen LogP contribution in [0.3, 0.4) is 0 Å². The lowest BCUT2D eigenvalue weighted by atomic mass is 10.1. The van der Waals surface area contributed by atoms with E-state index in [4.69, 9.17) is 12.2 Å². The first-order valence-electron chi connectivity index (χ1n) is 8.90. The van der Waals surface area contributed by atoms with Crippen molar-refractivity contribution in [3.63, 3.8) is 0 Å². The van der Waals surface area contributed by atoms with Gasteiger partial charge in [-0.15, -0.1) is 0 Å². The second-order valence-electron chi connectivity index (χ2n) is 6.62. The van der Waals surface area contributed by atoms with Crippen molar-refractivity contribution in [1.29, 1.82) is 0 Å². The van der Waals surface area contributed by atoms with Crippen molar-refractivity contribution in [3.05, 3.63) is 81.3 Å². The predicted molar refractivity (Wildman–Crippen MR) is 119 cm³/mol. The third-order valence-electron chi connectivity index (χ3n) is 4.60. The van der Waals surface area contributed by atoms with E-state index in [1.165, 1.54) is 0 Å². The number of nitrogens with one attached hydrogen (secondary N) is 2. The molecular weight excluding hydrogens is 370 g/mol. The lowest BCUT2D eigenvalue weighted by molar-refractivity contribution is 0.630. The summed E-state index contributed by atoms with van der Waals surface area (Å²) in [6.07, 6.45) is 1.72. The number of rotatable bonds is 4. The molecule has 1 aromatic heterocycles. The monoisotopic (exact) mass is 393 g/mol. The van der Waals surface area contributed by atoms with Crippen molar-refractivity contribution >= 4 is 29.2 Å². The largest absolute Gasteiger partial charge is 0.325 e. The molecule has 0 aliphatic rings. The maximum atomic E-state index is 12.9. The molecule has 0 amide bonds. The molecule has 7 heteroatoms. The molecule has 0 atom stereocenters. The van der Waals surface area contributed by atoms with Gasteiger partial charge in [0.2, 0.25) is 0 Å². The summed E-state index contributed by atoms with van der Waals surface area (Å²) in [7, 11) is 1.84. The van der Waals surface area contributed by atoms with Crippen LogP contribution in [0.15, 0.2) is 58.4 Å². The van der Waals surface area contributed by atoms with Gasteiger partial charge in [0, 0.05) is 7.05 Å². The number of para-hydroxylation sites is 1. The summed E-state index contributed by atoms with van der Waals surface area (Å²) < 4.78 is 3.39. The van der Waals surface area contributed by atoms with Gasteiger partial charge in [-0.3, -0.25) is 14.9 Å². The molecule has 0 saturated heterocycles. The highest BCUT2D eigenvalue weighted by Gasteiger charge is 2.16. The van der Waals surface area contributed by atoms with E-state index in [0.29, 0.717) is 5.69 Å².